The van der Waals surface area contributed by atoms with Gasteiger partial charge in [-0.1, -0.05) is 13.8 Å². The predicted octanol–water partition coefficient (Wildman–Crippen LogP) is -2.73. The van der Waals surface area contributed by atoms with Crippen LogP contribution in [-0.4, -0.2) is 69.9 Å². The number of aliphatic carboxylic acids is 2. The number of carboxylic acids is 2. The van der Waals surface area contributed by atoms with Crippen LogP contribution >= 0.6 is 0 Å². The number of nitrogens with one attached hydrogen (secondary N) is 3. The SMILES string of the molecule is CC(NC(=O)C(CC(=O)O)NC(=O)C(N)C(C)C)C(=O)NC(CCC(N)=O)C(=O)O. The van der Waals surface area contributed by atoms with Gasteiger partial charge < -0.3 is 37.6 Å². The minimum Gasteiger partial charge on any atom is -0.481 e. The number of rotatable bonds is 13. The molecular formula is C17H29N5O8. The standard InChI is InChI=1S/C17H29N5O8/c1-7(2)13(19)16(28)22-10(6-12(24)25)15(27)20-8(3)14(26)21-9(17(29)30)4-5-11(18)23/h7-10,13H,4-6,19H2,1-3H3,(H2,18,23)(H,20,27)(H,21,26)(H,22,28)(H,24,25)(H,29,30). The first-order chi connectivity index (χ1) is 13.8. The molecule has 170 valence electrons. The lowest BCUT2D eigenvalue weighted by Gasteiger charge is -2.23. The van der Waals surface area contributed by atoms with Crippen molar-refractivity contribution in [1.29, 1.82) is 0 Å². The average Bonchev–Trinajstić information content (AvgIpc) is 2.62. The van der Waals surface area contributed by atoms with Gasteiger partial charge in [-0.3, -0.25) is 24.0 Å². The number of primary amides is 1. The van der Waals surface area contributed by atoms with Gasteiger partial charge in [0.1, 0.15) is 18.1 Å². The minimum atomic E-state index is -1.50. The highest BCUT2D eigenvalue weighted by Crippen LogP contribution is 2.02. The van der Waals surface area contributed by atoms with E-state index in [4.69, 9.17) is 21.7 Å². The van der Waals surface area contributed by atoms with E-state index >= 15 is 0 Å². The second kappa shape index (κ2) is 12.4. The molecule has 0 aromatic rings. The molecular weight excluding hydrogens is 402 g/mol. The van der Waals surface area contributed by atoms with E-state index in [2.05, 4.69) is 16.0 Å². The quantitative estimate of drug-likeness (QED) is 0.160. The van der Waals surface area contributed by atoms with Crippen LogP contribution in [0.1, 0.15) is 40.0 Å². The van der Waals surface area contributed by atoms with Gasteiger partial charge in [-0.2, -0.15) is 0 Å². The molecule has 0 heterocycles. The van der Waals surface area contributed by atoms with Gasteiger partial charge in [-0.25, -0.2) is 4.79 Å². The van der Waals surface area contributed by atoms with E-state index in [0.29, 0.717) is 0 Å². The normalized spacial score (nSPS) is 14.7. The van der Waals surface area contributed by atoms with Gasteiger partial charge in [0.25, 0.3) is 0 Å². The molecule has 0 aromatic heterocycles. The molecule has 0 aliphatic rings. The fourth-order valence-electron chi connectivity index (χ4n) is 2.17. The van der Waals surface area contributed by atoms with Gasteiger partial charge >= 0.3 is 11.9 Å². The summed E-state index contributed by atoms with van der Waals surface area (Å²) in [5, 5.41) is 24.7. The zero-order valence-corrected chi connectivity index (χ0v) is 17.0. The van der Waals surface area contributed by atoms with Crippen LogP contribution in [0.4, 0.5) is 0 Å². The summed E-state index contributed by atoms with van der Waals surface area (Å²) in [7, 11) is 0. The summed E-state index contributed by atoms with van der Waals surface area (Å²) < 4.78 is 0. The second-order valence-electron chi connectivity index (χ2n) is 7.06. The Morgan fingerprint density at radius 2 is 1.37 bits per heavy atom. The minimum absolute atomic E-state index is 0.248. The van der Waals surface area contributed by atoms with Gasteiger partial charge in [0.05, 0.1) is 12.5 Å². The van der Waals surface area contributed by atoms with Crippen molar-refractivity contribution in [2.24, 2.45) is 17.4 Å². The molecule has 0 aliphatic heterocycles. The summed E-state index contributed by atoms with van der Waals surface area (Å²) in [5.41, 5.74) is 10.6. The molecule has 0 bridgehead atoms. The lowest BCUT2D eigenvalue weighted by Crippen LogP contribution is -2.57. The van der Waals surface area contributed by atoms with Crippen LogP contribution in [0.15, 0.2) is 0 Å². The van der Waals surface area contributed by atoms with Crippen LogP contribution in [0, 0.1) is 5.92 Å². The van der Waals surface area contributed by atoms with E-state index < -0.39 is 66.2 Å². The van der Waals surface area contributed by atoms with Crippen LogP contribution in [0.5, 0.6) is 0 Å². The van der Waals surface area contributed by atoms with Crippen molar-refractivity contribution < 1.29 is 39.0 Å². The molecule has 0 saturated carbocycles. The number of hydrogen-bond acceptors (Lipinski definition) is 7. The summed E-state index contributed by atoms with van der Waals surface area (Å²) in [5.74, 6) is -6.38. The average molecular weight is 431 g/mol. The van der Waals surface area contributed by atoms with Crippen molar-refractivity contribution in [3.63, 3.8) is 0 Å². The van der Waals surface area contributed by atoms with Gasteiger partial charge in [-0.05, 0) is 19.3 Å². The number of nitrogens with two attached hydrogens (primary N) is 2. The first-order valence-electron chi connectivity index (χ1n) is 9.15. The summed E-state index contributed by atoms with van der Waals surface area (Å²) in [6.07, 6.45) is -1.28. The first kappa shape index (κ1) is 26.8. The highest BCUT2D eigenvalue weighted by Gasteiger charge is 2.30. The molecule has 13 heteroatoms. The largest absolute Gasteiger partial charge is 0.481 e. The predicted molar refractivity (Wildman–Crippen MR) is 103 cm³/mol. The Bertz CT molecular complexity index is 681. The van der Waals surface area contributed by atoms with E-state index in [-0.39, 0.29) is 18.8 Å². The number of carbonyl (C=O) groups excluding carboxylic acids is 4. The number of carboxylic acid groups (broad SMARTS) is 2. The number of carbonyl (C=O) groups is 6. The Morgan fingerprint density at radius 1 is 0.833 bits per heavy atom. The summed E-state index contributed by atoms with van der Waals surface area (Å²) in [6, 6.07) is -5.15. The van der Waals surface area contributed by atoms with Gasteiger partial charge in [0, 0.05) is 6.42 Å². The van der Waals surface area contributed by atoms with E-state index in [9.17, 15) is 28.8 Å². The molecule has 30 heavy (non-hydrogen) atoms. The van der Waals surface area contributed by atoms with Gasteiger partial charge in [-0.15, -0.1) is 0 Å². The fourth-order valence-corrected chi connectivity index (χ4v) is 2.17. The van der Waals surface area contributed by atoms with Crippen LogP contribution in [0.25, 0.3) is 0 Å². The van der Waals surface area contributed by atoms with Crippen molar-refractivity contribution in [2.75, 3.05) is 0 Å². The van der Waals surface area contributed by atoms with Gasteiger partial charge in [0.15, 0.2) is 0 Å². The Labute approximate surface area is 172 Å². The molecule has 0 rings (SSSR count). The smallest absolute Gasteiger partial charge is 0.326 e. The summed E-state index contributed by atoms with van der Waals surface area (Å²) >= 11 is 0. The van der Waals surface area contributed by atoms with Crippen molar-refractivity contribution in [3.8, 4) is 0 Å². The molecule has 4 unspecified atom stereocenters. The highest BCUT2D eigenvalue weighted by atomic mass is 16.4. The topological polar surface area (TPSA) is 231 Å². The highest BCUT2D eigenvalue weighted by molar-refractivity contribution is 5.95. The van der Waals surface area contributed by atoms with E-state index in [0.717, 1.165) is 0 Å². The van der Waals surface area contributed by atoms with E-state index in [1.165, 1.54) is 6.92 Å². The molecule has 9 N–H and O–H groups in total. The number of hydrogen-bond donors (Lipinski definition) is 7. The third-order valence-electron chi connectivity index (χ3n) is 4.08. The molecule has 0 aliphatic carbocycles. The molecule has 0 saturated heterocycles. The molecule has 4 atom stereocenters. The molecule has 0 fully saturated rings. The zero-order chi connectivity index (χ0) is 23.6. The Kier molecular flexibility index (Phi) is 11.0. The monoisotopic (exact) mass is 431 g/mol. The van der Waals surface area contributed by atoms with Crippen LogP contribution in [-0.2, 0) is 28.8 Å². The zero-order valence-electron chi connectivity index (χ0n) is 17.0. The van der Waals surface area contributed by atoms with Crippen molar-refractivity contribution in [1.82, 2.24) is 16.0 Å². The maximum Gasteiger partial charge on any atom is 0.326 e. The molecule has 4 amide bonds. The van der Waals surface area contributed by atoms with Crippen molar-refractivity contribution in [2.45, 2.75) is 64.2 Å². The van der Waals surface area contributed by atoms with E-state index in [1.807, 2.05) is 0 Å². The maximum absolute atomic E-state index is 12.4. The van der Waals surface area contributed by atoms with Crippen molar-refractivity contribution >= 4 is 35.6 Å². The van der Waals surface area contributed by atoms with Crippen LogP contribution in [0.3, 0.4) is 0 Å². The first-order valence-corrected chi connectivity index (χ1v) is 9.15. The molecule has 0 radical (unpaired) electrons. The molecule has 13 nitrogen and oxygen atoms in total. The number of amides is 4. The Hall–Kier alpha value is -3.22. The van der Waals surface area contributed by atoms with Crippen molar-refractivity contribution in [3.05, 3.63) is 0 Å². The Morgan fingerprint density at radius 3 is 1.80 bits per heavy atom. The van der Waals surface area contributed by atoms with Crippen LogP contribution in [0.2, 0.25) is 0 Å². The van der Waals surface area contributed by atoms with Crippen LogP contribution < -0.4 is 27.4 Å². The maximum atomic E-state index is 12.4. The molecule has 0 aromatic carbocycles. The third kappa shape index (κ3) is 9.82. The lowest BCUT2D eigenvalue weighted by atomic mass is 10.0. The fraction of sp³-hybridized carbons (Fsp3) is 0.647. The third-order valence-corrected chi connectivity index (χ3v) is 4.08. The molecule has 0 spiro atoms. The summed E-state index contributed by atoms with van der Waals surface area (Å²) in [6.45, 7) is 4.57. The lowest BCUT2D eigenvalue weighted by molar-refractivity contribution is -0.143. The Balaban J connectivity index is 5.08. The second-order valence-corrected chi connectivity index (χ2v) is 7.06. The van der Waals surface area contributed by atoms with Gasteiger partial charge in [0.2, 0.25) is 23.6 Å². The summed E-state index contributed by atoms with van der Waals surface area (Å²) in [4.78, 5) is 69.6. The van der Waals surface area contributed by atoms with E-state index in [1.54, 1.807) is 13.8 Å².